The van der Waals surface area contributed by atoms with E-state index in [1.54, 1.807) is 48.5 Å². The highest BCUT2D eigenvalue weighted by Gasteiger charge is 2.26. The first-order valence-corrected chi connectivity index (χ1v) is 20.3. The highest BCUT2D eigenvalue weighted by Crippen LogP contribution is 2.32. The molecule has 2 aromatic heterocycles. The van der Waals surface area contributed by atoms with Crippen molar-refractivity contribution < 1.29 is 38.1 Å². The summed E-state index contributed by atoms with van der Waals surface area (Å²) in [5.74, 6) is -2.17. The number of hydrogen-bond donors (Lipinski definition) is 0. The van der Waals surface area contributed by atoms with Crippen LogP contribution in [0.2, 0.25) is 10.6 Å². The van der Waals surface area contributed by atoms with E-state index in [4.69, 9.17) is 52.1 Å². The van der Waals surface area contributed by atoms with Crippen molar-refractivity contribution in [2.24, 2.45) is 0 Å². The van der Waals surface area contributed by atoms with E-state index in [9.17, 15) is 19.2 Å². The first-order chi connectivity index (χ1) is 30.9. The van der Waals surface area contributed by atoms with Gasteiger partial charge in [-0.3, -0.25) is 38.8 Å². The quantitative estimate of drug-likeness (QED) is 0.125. The van der Waals surface area contributed by atoms with Crippen LogP contribution in [0.4, 0.5) is 46.5 Å². The van der Waals surface area contributed by atoms with E-state index in [2.05, 4.69) is 19.9 Å². The van der Waals surface area contributed by atoms with Crippen molar-refractivity contribution in [2.45, 2.75) is 12.8 Å². The number of anilines is 8. The summed E-state index contributed by atoms with van der Waals surface area (Å²) in [6, 6.07) is 29.6. The Bertz CT molecular complexity index is 2290. The van der Waals surface area contributed by atoms with Gasteiger partial charge < -0.3 is 18.9 Å². The summed E-state index contributed by atoms with van der Waals surface area (Å²) in [5.41, 5.74) is 5.85. The van der Waals surface area contributed by atoms with Crippen LogP contribution < -0.4 is 19.6 Å². The summed E-state index contributed by atoms with van der Waals surface area (Å²) < 4.78 is 20.1. The van der Waals surface area contributed by atoms with Crippen molar-refractivity contribution in [2.75, 3.05) is 74.2 Å². The van der Waals surface area contributed by atoms with Gasteiger partial charge in [-0.25, -0.2) is 0 Å². The lowest BCUT2D eigenvalue weighted by Crippen LogP contribution is -2.31. The molecule has 6 aromatic rings. The fraction of sp³-hybridized carbons (Fsp3) is 0.227. The Hall–Kier alpha value is -7.44. The number of hydrogen-bond acceptors (Lipinski definition) is 18. The summed E-state index contributed by atoms with van der Waals surface area (Å²) in [6.45, 7) is -1.10. The highest BCUT2D eigenvalue weighted by molar-refractivity contribution is 6.28. The van der Waals surface area contributed by atoms with Gasteiger partial charge in [0, 0.05) is 22.7 Å². The minimum Gasteiger partial charge on any atom is -0.468 e. The number of methoxy groups -OCH3 is 4. The van der Waals surface area contributed by atoms with Gasteiger partial charge in [0.2, 0.25) is 34.4 Å². The third-order valence-electron chi connectivity index (χ3n) is 10.0. The normalized spacial score (nSPS) is 12.5. The van der Waals surface area contributed by atoms with Crippen LogP contribution in [0.15, 0.2) is 97.1 Å². The Morgan fingerprint density at radius 2 is 0.594 bits per heavy atom. The van der Waals surface area contributed by atoms with Gasteiger partial charge in [-0.1, -0.05) is 48.5 Å². The number of carbonyl (C=O) groups is 4. The first-order valence-electron chi connectivity index (χ1n) is 19.5. The molecule has 0 atom stereocenters. The molecule has 0 unspecified atom stereocenters. The third-order valence-corrected chi connectivity index (χ3v) is 10.3. The van der Waals surface area contributed by atoms with Gasteiger partial charge in [-0.15, -0.1) is 0 Å². The van der Waals surface area contributed by atoms with Crippen LogP contribution >= 0.6 is 23.2 Å². The molecule has 0 fully saturated rings. The lowest BCUT2D eigenvalue weighted by Gasteiger charge is -2.26. The standard InChI is InChI=1S/C44H40Cl2N10O8/c1-61-35(57)23-53-31-13-5-27(6-14-31)21-28-9-17-33(18-10-28)55(25-37(59)63-3)43-49-40(46)50-44(52-43)56(26-38(60)64-4)34-19-11-30(12-20-34)22-29-7-15-32(16-8-29)54(24-36(58)62-2)42-48-39(45)47-41(53)51-42/h5-20H,21-26H2,1-4H3. The highest BCUT2D eigenvalue weighted by atomic mass is 35.5. The number of aromatic nitrogens is 6. The smallest absolute Gasteiger partial charge is 0.325 e. The van der Waals surface area contributed by atoms with Crippen LogP contribution in [0.5, 0.6) is 0 Å². The summed E-state index contributed by atoms with van der Waals surface area (Å²) in [6.07, 6.45) is 1.00. The van der Waals surface area contributed by atoms with E-state index >= 15 is 0 Å². The van der Waals surface area contributed by atoms with Gasteiger partial charge in [0.15, 0.2) is 0 Å². The van der Waals surface area contributed by atoms with Crippen molar-refractivity contribution in [1.29, 1.82) is 0 Å². The summed E-state index contributed by atoms with van der Waals surface area (Å²) >= 11 is 13.1. The number of benzene rings is 4. The van der Waals surface area contributed by atoms with Crippen LogP contribution in [0.3, 0.4) is 0 Å². The molecule has 18 nitrogen and oxygen atoms in total. The Labute approximate surface area is 377 Å². The van der Waals surface area contributed by atoms with Gasteiger partial charge in [0.1, 0.15) is 26.2 Å². The van der Waals surface area contributed by atoms with Gasteiger partial charge in [0.05, 0.1) is 28.4 Å². The van der Waals surface area contributed by atoms with Crippen molar-refractivity contribution >= 4 is 93.6 Å². The molecule has 0 N–H and O–H groups in total. The van der Waals surface area contributed by atoms with Crippen LogP contribution in [-0.2, 0) is 51.0 Å². The number of ether oxygens (including phenoxy) is 4. The van der Waals surface area contributed by atoms with E-state index in [-0.39, 0.29) is 60.5 Å². The lowest BCUT2D eigenvalue weighted by molar-refractivity contribution is -0.139. The molecule has 7 aliphatic heterocycles. The fourth-order valence-corrected chi connectivity index (χ4v) is 6.98. The number of nitrogens with zero attached hydrogens (tertiary/aromatic N) is 10. The van der Waals surface area contributed by atoms with Crippen LogP contribution in [-0.4, -0.2) is 108 Å². The minimum absolute atomic E-state index is 0.0278. The zero-order chi connectivity index (χ0) is 45.3. The Morgan fingerprint density at radius 3 is 0.781 bits per heavy atom. The summed E-state index contributed by atoms with van der Waals surface area (Å²) in [4.78, 5) is 84.2. The average molecular weight is 908 g/mol. The van der Waals surface area contributed by atoms with E-state index in [1.807, 2.05) is 48.5 Å². The van der Waals surface area contributed by atoms with E-state index in [0.717, 1.165) is 22.3 Å². The molecule has 9 heterocycles. The average Bonchev–Trinajstić information content (AvgIpc) is 3.31. The third kappa shape index (κ3) is 10.8. The number of rotatable bonds is 8. The summed E-state index contributed by atoms with van der Waals surface area (Å²) in [7, 11) is 5.11. The van der Waals surface area contributed by atoms with Crippen LogP contribution in [0, 0.1) is 0 Å². The predicted octanol–water partition coefficient (Wildman–Crippen LogP) is 6.10. The fourth-order valence-electron chi connectivity index (χ4n) is 6.67. The molecule has 0 radical (unpaired) electrons. The minimum atomic E-state index is -0.569. The van der Waals surface area contributed by atoms with Gasteiger partial charge in [-0.05, 0) is 107 Å². The SMILES string of the molecule is COC(=O)CN1c2ccc(cc2)Cc2ccc(cc2)N(CC(=O)OC)c2nc(Cl)nc(n2)N(CC(=O)OC)c2ccc(cc2)Cc2ccc(cc2)N(CC(=O)OC)c2nc(Cl)nc1n2. The van der Waals surface area contributed by atoms with E-state index in [0.29, 0.717) is 35.6 Å². The maximum Gasteiger partial charge on any atom is 0.325 e. The Balaban J connectivity index is 1.35. The first kappa shape index (κ1) is 44.6. The second-order valence-corrected chi connectivity index (χ2v) is 14.8. The van der Waals surface area contributed by atoms with Gasteiger partial charge in [-0.2, -0.15) is 29.9 Å². The molecule has 0 aliphatic carbocycles. The number of carbonyl (C=O) groups excluding carboxylic acids is 4. The largest absolute Gasteiger partial charge is 0.468 e. The molecule has 20 heteroatoms. The second-order valence-electron chi connectivity index (χ2n) is 14.1. The molecule has 4 aromatic carbocycles. The number of halogens is 2. The Kier molecular flexibility index (Phi) is 14.1. The molecule has 7 aliphatic rings. The summed E-state index contributed by atoms with van der Waals surface area (Å²) in [5, 5.41) is -0.366. The van der Waals surface area contributed by atoms with Crippen LogP contribution in [0.25, 0.3) is 0 Å². The molecule has 0 saturated heterocycles. The van der Waals surface area contributed by atoms with Crippen molar-refractivity contribution in [3.8, 4) is 0 Å². The Morgan fingerprint density at radius 1 is 0.391 bits per heavy atom. The maximum absolute atomic E-state index is 12.8. The van der Waals surface area contributed by atoms with Gasteiger partial charge >= 0.3 is 23.9 Å². The second kappa shape index (κ2) is 20.2. The molecule has 12 bridgehead atoms. The zero-order valence-corrected chi connectivity index (χ0v) is 36.5. The molecule has 64 heavy (non-hydrogen) atoms. The monoisotopic (exact) mass is 906 g/mol. The number of esters is 4. The molecule has 328 valence electrons. The van der Waals surface area contributed by atoms with Crippen molar-refractivity contribution in [1.82, 2.24) is 29.9 Å². The lowest BCUT2D eigenvalue weighted by atomic mass is 10.0. The maximum atomic E-state index is 12.8. The van der Waals surface area contributed by atoms with Crippen molar-refractivity contribution in [3.05, 3.63) is 130 Å². The van der Waals surface area contributed by atoms with Gasteiger partial charge in [0.25, 0.3) is 0 Å². The molecular weight excluding hydrogens is 867 g/mol. The van der Waals surface area contributed by atoms with E-state index in [1.165, 1.54) is 48.0 Å². The zero-order valence-electron chi connectivity index (χ0n) is 35.0. The van der Waals surface area contributed by atoms with E-state index < -0.39 is 23.9 Å². The molecule has 0 saturated carbocycles. The molecule has 13 rings (SSSR count). The van der Waals surface area contributed by atoms with Crippen molar-refractivity contribution in [3.63, 3.8) is 0 Å². The predicted molar refractivity (Wildman–Crippen MR) is 237 cm³/mol. The molecular formula is C44H40Cl2N10O8. The van der Waals surface area contributed by atoms with Crippen LogP contribution in [0.1, 0.15) is 22.3 Å². The topological polar surface area (TPSA) is 195 Å². The molecule has 0 amide bonds. The molecule has 0 spiro atoms.